The second-order valence-corrected chi connectivity index (χ2v) is 3.24. The summed E-state index contributed by atoms with van der Waals surface area (Å²) >= 11 is 0. The molecule has 18 heavy (non-hydrogen) atoms. The Kier molecular flexibility index (Phi) is 7.68. The molecule has 98 valence electrons. The fraction of sp³-hybridized carbons (Fsp3) is 0.231. The maximum absolute atomic E-state index is 10.8. The molecule has 0 saturated carbocycles. The number of rotatable bonds is 3. The molecule has 1 aromatic carbocycles. The van der Waals surface area contributed by atoms with Crippen molar-refractivity contribution in [1.29, 1.82) is 0 Å². The second-order valence-electron chi connectivity index (χ2n) is 3.24. The number of amides is 1. The number of esters is 1. The van der Waals surface area contributed by atoms with Crippen LogP contribution in [0.1, 0.15) is 12.5 Å². The van der Waals surface area contributed by atoms with Gasteiger partial charge in [-0.15, -0.1) is 0 Å². The first-order valence-electron chi connectivity index (χ1n) is 5.15. The van der Waals surface area contributed by atoms with Crippen molar-refractivity contribution in [2.24, 2.45) is 5.73 Å². The highest BCUT2D eigenvalue weighted by Crippen LogP contribution is 2.12. The molecule has 0 aliphatic carbocycles. The van der Waals surface area contributed by atoms with E-state index < -0.39 is 0 Å². The fourth-order valence-corrected chi connectivity index (χ4v) is 0.947. The van der Waals surface area contributed by atoms with E-state index in [1.807, 2.05) is 24.3 Å². The summed E-state index contributed by atoms with van der Waals surface area (Å²) < 4.78 is 9.47. The topological polar surface area (TPSA) is 78.6 Å². The van der Waals surface area contributed by atoms with Gasteiger partial charge in [-0.3, -0.25) is 4.79 Å². The first-order chi connectivity index (χ1) is 8.49. The highest BCUT2D eigenvalue weighted by atomic mass is 16.5. The zero-order valence-electron chi connectivity index (χ0n) is 10.7. The Morgan fingerprint density at radius 1 is 1.17 bits per heavy atom. The molecule has 0 unspecified atom stereocenters. The highest BCUT2D eigenvalue weighted by Gasteiger charge is 1.92. The molecule has 0 saturated heterocycles. The van der Waals surface area contributed by atoms with Gasteiger partial charge >= 0.3 is 5.97 Å². The number of benzene rings is 1. The third-order valence-corrected chi connectivity index (χ3v) is 1.73. The van der Waals surface area contributed by atoms with Gasteiger partial charge in [-0.05, 0) is 23.8 Å². The van der Waals surface area contributed by atoms with Gasteiger partial charge in [-0.25, -0.2) is 4.79 Å². The Hall–Kier alpha value is -2.30. The van der Waals surface area contributed by atoms with Crippen LogP contribution in [0.2, 0.25) is 0 Å². The molecule has 0 aromatic heterocycles. The van der Waals surface area contributed by atoms with Gasteiger partial charge in [0, 0.05) is 13.0 Å². The molecule has 0 aliphatic rings. The molecule has 0 spiro atoms. The van der Waals surface area contributed by atoms with Crippen LogP contribution in [0, 0.1) is 0 Å². The smallest absolute Gasteiger partial charge is 0.330 e. The van der Waals surface area contributed by atoms with Crippen LogP contribution in [0.4, 0.5) is 0 Å². The number of primary amides is 1. The zero-order chi connectivity index (χ0) is 14.0. The molecule has 5 heteroatoms. The van der Waals surface area contributed by atoms with E-state index in [1.54, 1.807) is 13.2 Å². The quantitative estimate of drug-likeness (QED) is 0.650. The van der Waals surface area contributed by atoms with Gasteiger partial charge in [0.05, 0.1) is 14.2 Å². The molecular weight excluding hydrogens is 234 g/mol. The summed E-state index contributed by atoms with van der Waals surface area (Å²) in [6, 6.07) is 7.38. The van der Waals surface area contributed by atoms with E-state index >= 15 is 0 Å². The highest BCUT2D eigenvalue weighted by molar-refractivity contribution is 5.86. The lowest BCUT2D eigenvalue weighted by atomic mass is 10.2. The summed E-state index contributed by atoms with van der Waals surface area (Å²) in [5, 5.41) is 0. The van der Waals surface area contributed by atoms with Crippen LogP contribution in [0.3, 0.4) is 0 Å². The minimum atomic E-state index is -0.360. The van der Waals surface area contributed by atoms with Gasteiger partial charge in [0.15, 0.2) is 0 Å². The molecule has 1 amide bonds. The minimum Gasteiger partial charge on any atom is -0.497 e. The summed E-state index contributed by atoms with van der Waals surface area (Å²) in [6.45, 7) is 1.31. The van der Waals surface area contributed by atoms with E-state index in [9.17, 15) is 9.59 Å². The number of methoxy groups -OCH3 is 2. The van der Waals surface area contributed by atoms with E-state index in [1.165, 1.54) is 20.1 Å². The van der Waals surface area contributed by atoms with Crippen LogP contribution in [0.5, 0.6) is 5.75 Å². The van der Waals surface area contributed by atoms with Gasteiger partial charge in [-0.2, -0.15) is 0 Å². The molecule has 0 aliphatic heterocycles. The third kappa shape index (κ3) is 7.92. The Morgan fingerprint density at radius 2 is 1.67 bits per heavy atom. The zero-order valence-corrected chi connectivity index (χ0v) is 10.7. The van der Waals surface area contributed by atoms with Gasteiger partial charge in [-0.1, -0.05) is 12.1 Å². The van der Waals surface area contributed by atoms with Crippen molar-refractivity contribution in [2.75, 3.05) is 14.2 Å². The second kappa shape index (κ2) is 8.81. The predicted octanol–water partition coefficient (Wildman–Crippen LogP) is 1.37. The Morgan fingerprint density at radius 3 is 2.06 bits per heavy atom. The van der Waals surface area contributed by atoms with E-state index in [2.05, 4.69) is 10.5 Å². The molecule has 0 atom stereocenters. The van der Waals surface area contributed by atoms with Gasteiger partial charge < -0.3 is 15.2 Å². The summed E-state index contributed by atoms with van der Waals surface area (Å²) in [5.74, 6) is 0.0982. The normalized spacial score (nSPS) is 9.28. The Balaban J connectivity index is 0.000000631. The molecule has 2 N–H and O–H groups in total. The van der Waals surface area contributed by atoms with Gasteiger partial charge in [0.25, 0.3) is 0 Å². The molecule has 1 rings (SSSR count). The monoisotopic (exact) mass is 251 g/mol. The van der Waals surface area contributed by atoms with Crippen molar-refractivity contribution < 1.29 is 19.1 Å². The Labute approximate surface area is 106 Å². The van der Waals surface area contributed by atoms with Gasteiger partial charge in [0.2, 0.25) is 5.91 Å². The number of carbonyl (C=O) groups is 2. The summed E-state index contributed by atoms with van der Waals surface area (Å²) in [7, 11) is 2.96. The number of carbonyl (C=O) groups excluding carboxylic acids is 2. The molecule has 0 fully saturated rings. The van der Waals surface area contributed by atoms with Crippen LogP contribution < -0.4 is 10.5 Å². The third-order valence-electron chi connectivity index (χ3n) is 1.73. The summed E-state index contributed by atoms with van der Waals surface area (Å²) in [4.78, 5) is 20.0. The van der Waals surface area contributed by atoms with E-state index in [0.717, 1.165) is 11.3 Å². The summed E-state index contributed by atoms with van der Waals surface area (Å²) in [6.07, 6.45) is 3.06. The van der Waals surface area contributed by atoms with Crippen molar-refractivity contribution in [3.8, 4) is 5.75 Å². The predicted molar refractivity (Wildman–Crippen MR) is 68.9 cm³/mol. The van der Waals surface area contributed by atoms with Crippen LogP contribution in [0.25, 0.3) is 6.08 Å². The average molecular weight is 251 g/mol. The van der Waals surface area contributed by atoms with Crippen molar-refractivity contribution in [3.63, 3.8) is 0 Å². The number of ether oxygens (including phenoxy) is 2. The lowest BCUT2D eigenvalue weighted by Crippen LogP contribution is -2.01. The molecular formula is C13H17NO4. The van der Waals surface area contributed by atoms with Gasteiger partial charge in [0.1, 0.15) is 5.75 Å². The minimum absolute atomic E-state index is 0.333. The van der Waals surface area contributed by atoms with E-state index in [0.29, 0.717) is 0 Å². The standard InChI is InChI=1S/C11H12O3.C2H5NO/c1-13-10-6-3-9(4-7-10)5-8-11(12)14-2;1-2(3)4/h3-8H,1-2H3;1H3,(H2,3,4)/b8-5+;. The van der Waals surface area contributed by atoms with Crippen LogP contribution in [-0.4, -0.2) is 26.1 Å². The Bertz CT molecular complexity index is 406. The first-order valence-corrected chi connectivity index (χ1v) is 5.15. The van der Waals surface area contributed by atoms with Crippen molar-refractivity contribution in [3.05, 3.63) is 35.9 Å². The van der Waals surface area contributed by atoms with E-state index in [-0.39, 0.29) is 11.9 Å². The summed E-state index contributed by atoms with van der Waals surface area (Å²) in [5.41, 5.74) is 5.40. The lowest BCUT2D eigenvalue weighted by molar-refractivity contribution is -0.134. The molecule has 5 nitrogen and oxygen atoms in total. The molecule has 0 radical (unpaired) electrons. The molecule has 1 aromatic rings. The largest absolute Gasteiger partial charge is 0.497 e. The number of hydrogen-bond acceptors (Lipinski definition) is 4. The van der Waals surface area contributed by atoms with Crippen molar-refractivity contribution in [1.82, 2.24) is 0 Å². The van der Waals surface area contributed by atoms with Crippen LogP contribution in [-0.2, 0) is 14.3 Å². The van der Waals surface area contributed by atoms with Crippen molar-refractivity contribution >= 4 is 18.0 Å². The SMILES string of the molecule is CC(N)=O.COC(=O)/C=C/c1ccc(OC)cc1. The first kappa shape index (κ1) is 15.7. The number of hydrogen-bond donors (Lipinski definition) is 1. The number of nitrogens with two attached hydrogens (primary N) is 1. The van der Waals surface area contributed by atoms with E-state index in [4.69, 9.17) is 4.74 Å². The molecule has 0 heterocycles. The average Bonchev–Trinajstić information content (AvgIpc) is 2.35. The maximum atomic E-state index is 10.8. The maximum Gasteiger partial charge on any atom is 0.330 e. The lowest BCUT2D eigenvalue weighted by Gasteiger charge is -1.98. The van der Waals surface area contributed by atoms with Crippen LogP contribution >= 0.6 is 0 Å². The van der Waals surface area contributed by atoms with Crippen LogP contribution in [0.15, 0.2) is 30.3 Å². The van der Waals surface area contributed by atoms with Crippen molar-refractivity contribution in [2.45, 2.75) is 6.92 Å². The molecule has 0 bridgehead atoms. The fourth-order valence-electron chi connectivity index (χ4n) is 0.947.